The average molecular weight is 261 g/mol. The molecule has 0 aromatic heterocycles. The van der Waals surface area contributed by atoms with Crippen molar-refractivity contribution in [3.8, 4) is 0 Å². The van der Waals surface area contributed by atoms with Crippen molar-refractivity contribution in [3.63, 3.8) is 0 Å². The first-order chi connectivity index (χ1) is 9.16. The molecular weight excluding hydrogens is 242 g/mol. The van der Waals surface area contributed by atoms with E-state index in [0.29, 0.717) is 13.0 Å². The fourth-order valence-electron chi connectivity index (χ4n) is 3.18. The largest absolute Gasteiger partial charge is 0.367 e. The van der Waals surface area contributed by atoms with Gasteiger partial charge in [-0.25, -0.2) is 0 Å². The number of benzene rings is 1. The van der Waals surface area contributed by atoms with Crippen molar-refractivity contribution in [2.24, 2.45) is 5.92 Å². The second-order valence-corrected chi connectivity index (χ2v) is 5.46. The number of hydrogen-bond acceptors (Lipinski definition) is 4. The molecule has 1 aromatic rings. The average Bonchev–Trinajstić information content (AvgIpc) is 2.86. The van der Waals surface area contributed by atoms with Crippen molar-refractivity contribution >= 4 is 5.78 Å². The van der Waals surface area contributed by atoms with Crippen LogP contribution in [-0.4, -0.2) is 41.3 Å². The molecule has 19 heavy (non-hydrogen) atoms. The number of nitrogens with zero attached hydrogens (tertiary/aromatic N) is 1. The van der Waals surface area contributed by atoms with Gasteiger partial charge < -0.3 is 9.84 Å². The number of fused-ring (bicyclic) bond motifs is 1. The molecule has 2 aliphatic rings. The number of Topliss-reactive ketones (excluding diaryl/α,β-unsaturated/α-hetero) is 1. The van der Waals surface area contributed by atoms with Gasteiger partial charge in [0, 0.05) is 12.5 Å². The summed E-state index contributed by atoms with van der Waals surface area (Å²) < 4.78 is 5.49. The van der Waals surface area contributed by atoms with Crippen LogP contribution in [-0.2, 0) is 9.53 Å². The maximum atomic E-state index is 11.6. The van der Waals surface area contributed by atoms with Gasteiger partial charge >= 0.3 is 0 Å². The molecule has 102 valence electrons. The maximum Gasteiger partial charge on any atom is 0.170 e. The molecule has 1 aromatic carbocycles. The second-order valence-electron chi connectivity index (χ2n) is 5.46. The van der Waals surface area contributed by atoms with E-state index in [4.69, 9.17) is 4.74 Å². The summed E-state index contributed by atoms with van der Waals surface area (Å²) in [5, 5.41) is 9.97. The molecular formula is C15H19NO3. The van der Waals surface area contributed by atoms with E-state index < -0.39 is 6.29 Å². The molecule has 0 amide bonds. The highest BCUT2D eigenvalue weighted by molar-refractivity contribution is 5.79. The van der Waals surface area contributed by atoms with Crippen molar-refractivity contribution < 1.29 is 14.6 Å². The molecule has 4 atom stereocenters. The number of morpholine rings is 1. The Bertz CT molecular complexity index is 462. The van der Waals surface area contributed by atoms with Crippen molar-refractivity contribution in [2.45, 2.75) is 31.7 Å². The number of hydrogen-bond donors (Lipinski definition) is 1. The van der Waals surface area contributed by atoms with Gasteiger partial charge in [0.2, 0.25) is 0 Å². The lowest BCUT2D eigenvalue weighted by Crippen LogP contribution is -2.49. The van der Waals surface area contributed by atoms with Crippen LogP contribution >= 0.6 is 0 Å². The maximum absolute atomic E-state index is 11.6. The van der Waals surface area contributed by atoms with Crippen LogP contribution < -0.4 is 0 Å². The molecule has 2 saturated heterocycles. The molecule has 3 rings (SSSR count). The predicted molar refractivity (Wildman–Crippen MR) is 70.4 cm³/mol. The van der Waals surface area contributed by atoms with Crippen molar-refractivity contribution in [1.29, 1.82) is 0 Å². The lowest BCUT2D eigenvalue weighted by Gasteiger charge is -2.40. The predicted octanol–water partition coefficient (Wildman–Crippen LogP) is 1.36. The Labute approximate surface area is 113 Å². The SMILES string of the molecule is CC(=O)[C@@H]1C[C@@H]2C(O)OC[C@@H](c3ccccc3)N2C1. The third-order valence-electron chi connectivity index (χ3n) is 4.30. The number of aliphatic hydroxyl groups is 1. The van der Waals surface area contributed by atoms with E-state index in [-0.39, 0.29) is 23.8 Å². The van der Waals surface area contributed by atoms with Crippen LogP contribution in [0.1, 0.15) is 24.9 Å². The van der Waals surface area contributed by atoms with Crippen LogP contribution in [0.5, 0.6) is 0 Å². The van der Waals surface area contributed by atoms with Gasteiger partial charge in [0.1, 0.15) is 5.78 Å². The quantitative estimate of drug-likeness (QED) is 0.873. The molecule has 2 fully saturated rings. The van der Waals surface area contributed by atoms with E-state index in [9.17, 15) is 9.90 Å². The van der Waals surface area contributed by atoms with Gasteiger partial charge in [0.05, 0.1) is 18.7 Å². The fraction of sp³-hybridized carbons (Fsp3) is 0.533. The summed E-state index contributed by atoms with van der Waals surface area (Å²) >= 11 is 0. The lowest BCUT2D eigenvalue weighted by atomic mass is 10.0. The Morgan fingerprint density at radius 1 is 1.37 bits per heavy atom. The number of carbonyl (C=O) groups excluding carboxylic acids is 1. The zero-order valence-corrected chi connectivity index (χ0v) is 11.0. The Morgan fingerprint density at radius 3 is 2.79 bits per heavy atom. The first-order valence-electron chi connectivity index (χ1n) is 6.77. The van der Waals surface area contributed by atoms with Gasteiger partial charge in [-0.15, -0.1) is 0 Å². The molecule has 0 saturated carbocycles. The van der Waals surface area contributed by atoms with Crippen molar-refractivity contribution in [1.82, 2.24) is 4.90 Å². The highest BCUT2D eigenvalue weighted by atomic mass is 16.6. The van der Waals surface area contributed by atoms with E-state index in [2.05, 4.69) is 17.0 Å². The smallest absolute Gasteiger partial charge is 0.170 e. The van der Waals surface area contributed by atoms with Crippen LogP contribution in [0.2, 0.25) is 0 Å². The van der Waals surface area contributed by atoms with Gasteiger partial charge in [-0.1, -0.05) is 30.3 Å². The normalized spacial score (nSPS) is 35.1. The van der Waals surface area contributed by atoms with Crippen LogP contribution in [0, 0.1) is 5.92 Å². The first-order valence-corrected chi connectivity index (χ1v) is 6.77. The standard InChI is InChI=1S/C15H19NO3/c1-10(17)12-7-13-15(18)19-9-14(16(13)8-12)11-5-3-2-4-6-11/h2-6,12-15,18H,7-9H2,1H3/t12-,13-,14+,15?/m1/s1. The van der Waals surface area contributed by atoms with Crippen LogP contribution in [0.25, 0.3) is 0 Å². The van der Waals surface area contributed by atoms with E-state index in [1.54, 1.807) is 6.92 Å². The number of aliphatic hydroxyl groups excluding tert-OH is 1. The number of ketones is 1. The molecule has 4 nitrogen and oxygen atoms in total. The summed E-state index contributed by atoms with van der Waals surface area (Å²) in [5.41, 5.74) is 1.18. The topological polar surface area (TPSA) is 49.8 Å². The van der Waals surface area contributed by atoms with Crippen molar-refractivity contribution in [2.75, 3.05) is 13.2 Å². The molecule has 1 N–H and O–H groups in total. The third kappa shape index (κ3) is 2.31. The van der Waals surface area contributed by atoms with E-state index in [1.165, 1.54) is 5.56 Å². The summed E-state index contributed by atoms with van der Waals surface area (Å²) in [6.07, 6.45) is -0.0795. The number of rotatable bonds is 2. The van der Waals surface area contributed by atoms with Gasteiger partial charge in [-0.05, 0) is 18.9 Å². The number of carbonyl (C=O) groups is 1. The summed E-state index contributed by atoms with van der Waals surface area (Å²) in [6.45, 7) is 2.83. The van der Waals surface area contributed by atoms with Gasteiger partial charge in [0.25, 0.3) is 0 Å². The Kier molecular flexibility index (Phi) is 3.39. The van der Waals surface area contributed by atoms with Crippen LogP contribution in [0.15, 0.2) is 30.3 Å². The molecule has 0 radical (unpaired) electrons. The second kappa shape index (κ2) is 5.04. The summed E-state index contributed by atoms with van der Waals surface area (Å²) in [4.78, 5) is 13.8. The Balaban J connectivity index is 1.86. The number of ether oxygens (including phenoxy) is 1. The first kappa shape index (κ1) is 12.8. The Morgan fingerprint density at radius 2 is 2.11 bits per heavy atom. The Hall–Kier alpha value is -1.23. The summed E-state index contributed by atoms with van der Waals surface area (Å²) in [6, 6.07) is 10.2. The molecule has 2 heterocycles. The molecule has 0 bridgehead atoms. The zero-order chi connectivity index (χ0) is 13.4. The van der Waals surface area contributed by atoms with Crippen molar-refractivity contribution in [3.05, 3.63) is 35.9 Å². The molecule has 1 unspecified atom stereocenters. The fourth-order valence-corrected chi connectivity index (χ4v) is 3.18. The molecule has 4 heteroatoms. The highest BCUT2D eigenvalue weighted by Gasteiger charge is 2.45. The van der Waals surface area contributed by atoms with E-state index in [1.807, 2.05) is 18.2 Å². The van der Waals surface area contributed by atoms with E-state index in [0.717, 1.165) is 6.54 Å². The highest BCUT2D eigenvalue weighted by Crippen LogP contribution is 2.38. The minimum absolute atomic E-state index is 0.0209. The summed E-state index contributed by atoms with van der Waals surface area (Å²) in [5.74, 6) is 0.223. The molecule has 2 aliphatic heterocycles. The minimum Gasteiger partial charge on any atom is -0.367 e. The molecule has 0 spiro atoms. The summed E-state index contributed by atoms with van der Waals surface area (Å²) in [7, 11) is 0. The van der Waals surface area contributed by atoms with Crippen LogP contribution in [0.4, 0.5) is 0 Å². The zero-order valence-electron chi connectivity index (χ0n) is 11.0. The third-order valence-corrected chi connectivity index (χ3v) is 4.30. The monoisotopic (exact) mass is 261 g/mol. The van der Waals surface area contributed by atoms with Gasteiger partial charge in [-0.2, -0.15) is 0 Å². The van der Waals surface area contributed by atoms with Gasteiger partial charge in [0.15, 0.2) is 6.29 Å². The van der Waals surface area contributed by atoms with Crippen LogP contribution in [0.3, 0.4) is 0 Å². The molecule has 0 aliphatic carbocycles. The van der Waals surface area contributed by atoms with Gasteiger partial charge in [-0.3, -0.25) is 9.69 Å². The van der Waals surface area contributed by atoms with E-state index >= 15 is 0 Å². The minimum atomic E-state index is -0.774. The lowest BCUT2D eigenvalue weighted by molar-refractivity contribution is -0.190.